The van der Waals surface area contributed by atoms with Gasteiger partial charge in [0.05, 0.1) is 6.42 Å². The van der Waals surface area contributed by atoms with Crippen molar-refractivity contribution in [3.8, 4) is 5.75 Å². The second-order valence-electron chi connectivity index (χ2n) is 4.09. The maximum Gasteiger partial charge on any atom is 0.315 e. The van der Waals surface area contributed by atoms with E-state index in [1.54, 1.807) is 18.2 Å². The lowest BCUT2D eigenvalue weighted by Gasteiger charge is -2.05. The summed E-state index contributed by atoms with van der Waals surface area (Å²) < 4.78 is 5.26. The number of hydrogen-bond donors (Lipinski definition) is 0. The van der Waals surface area contributed by atoms with Gasteiger partial charge in [0.15, 0.2) is 0 Å². The number of carbonyl (C=O) groups is 1. The molecule has 0 bridgehead atoms. The smallest absolute Gasteiger partial charge is 0.315 e. The molecule has 92 valence electrons. The molecule has 2 aromatic rings. The molecule has 0 aromatic heterocycles. The van der Waals surface area contributed by atoms with Gasteiger partial charge >= 0.3 is 5.97 Å². The molecule has 2 aromatic carbocycles. The van der Waals surface area contributed by atoms with Crippen molar-refractivity contribution in [1.82, 2.24) is 0 Å². The maximum absolute atomic E-state index is 11.7. The van der Waals surface area contributed by atoms with Gasteiger partial charge in [0.1, 0.15) is 5.75 Å². The van der Waals surface area contributed by atoms with E-state index in [4.69, 9.17) is 16.3 Å². The Morgan fingerprint density at radius 3 is 2.56 bits per heavy atom. The number of aryl methyl sites for hydroxylation is 1. The molecule has 0 aliphatic rings. The Morgan fingerprint density at radius 2 is 1.89 bits per heavy atom. The second kappa shape index (κ2) is 5.69. The van der Waals surface area contributed by atoms with Gasteiger partial charge < -0.3 is 4.74 Å². The molecule has 0 radical (unpaired) electrons. The van der Waals surface area contributed by atoms with Crippen LogP contribution in [-0.4, -0.2) is 5.97 Å². The Balaban J connectivity index is 1.98. The van der Waals surface area contributed by atoms with Crippen LogP contribution in [0.1, 0.15) is 11.1 Å². The summed E-state index contributed by atoms with van der Waals surface area (Å²) in [6, 6.07) is 14.6. The third-order valence-corrected chi connectivity index (χ3v) is 2.73. The molecule has 18 heavy (non-hydrogen) atoms. The summed E-state index contributed by atoms with van der Waals surface area (Å²) >= 11 is 5.78. The minimum atomic E-state index is -0.275. The van der Waals surface area contributed by atoms with Gasteiger partial charge in [-0.15, -0.1) is 0 Å². The monoisotopic (exact) mass is 260 g/mol. The summed E-state index contributed by atoms with van der Waals surface area (Å²) in [4.78, 5) is 11.7. The molecule has 3 heteroatoms. The zero-order chi connectivity index (χ0) is 13.0. The van der Waals surface area contributed by atoms with Gasteiger partial charge in [0, 0.05) is 5.02 Å². The minimum absolute atomic E-state index is 0.241. The topological polar surface area (TPSA) is 26.3 Å². The van der Waals surface area contributed by atoms with Gasteiger partial charge in [-0.1, -0.05) is 35.9 Å². The van der Waals surface area contributed by atoms with Gasteiger partial charge in [0.25, 0.3) is 0 Å². The lowest BCUT2D eigenvalue weighted by molar-refractivity contribution is -0.133. The number of hydrogen-bond acceptors (Lipinski definition) is 2. The molecule has 2 rings (SSSR count). The van der Waals surface area contributed by atoms with Crippen molar-refractivity contribution in [2.75, 3.05) is 0 Å². The number of halogens is 1. The van der Waals surface area contributed by atoms with Crippen LogP contribution in [0.4, 0.5) is 0 Å². The highest BCUT2D eigenvalue weighted by molar-refractivity contribution is 6.30. The lowest BCUT2D eigenvalue weighted by atomic mass is 10.1. The van der Waals surface area contributed by atoms with Crippen molar-refractivity contribution in [3.63, 3.8) is 0 Å². The second-order valence-corrected chi connectivity index (χ2v) is 4.53. The van der Waals surface area contributed by atoms with Gasteiger partial charge in [0.2, 0.25) is 0 Å². The molecule has 0 atom stereocenters. The van der Waals surface area contributed by atoms with E-state index < -0.39 is 0 Å². The molecule has 2 nitrogen and oxygen atoms in total. The quantitative estimate of drug-likeness (QED) is 0.620. The molecular formula is C15H13ClO2. The normalized spacial score (nSPS) is 10.1. The molecule has 0 aliphatic carbocycles. The highest BCUT2D eigenvalue weighted by atomic mass is 35.5. The predicted octanol–water partition coefficient (Wildman–Crippen LogP) is 3.80. The third-order valence-electron chi connectivity index (χ3n) is 2.48. The van der Waals surface area contributed by atoms with E-state index in [1.165, 1.54) is 0 Å². The van der Waals surface area contributed by atoms with Crippen LogP contribution < -0.4 is 4.74 Å². The fourth-order valence-corrected chi connectivity index (χ4v) is 1.74. The van der Waals surface area contributed by atoms with E-state index in [0.29, 0.717) is 10.8 Å². The van der Waals surface area contributed by atoms with Crippen LogP contribution in [0, 0.1) is 6.92 Å². The standard InChI is InChI=1S/C15H13ClO2/c1-11-3-2-4-14(9-11)18-15(17)10-12-5-7-13(16)8-6-12/h2-9H,10H2,1H3. The van der Waals surface area contributed by atoms with Crippen molar-refractivity contribution >= 4 is 17.6 Å². The minimum Gasteiger partial charge on any atom is -0.426 e. The molecule has 0 heterocycles. The van der Waals surface area contributed by atoms with Gasteiger partial charge in [-0.3, -0.25) is 4.79 Å². The molecule has 0 unspecified atom stereocenters. The van der Waals surface area contributed by atoms with Crippen molar-refractivity contribution in [1.29, 1.82) is 0 Å². The Labute approximate surface area is 111 Å². The highest BCUT2D eigenvalue weighted by Crippen LogP contribution is 2.14. The van der Waals surface area contributed by atoms with E-state index >= 15 is 0 Å². The van der Waals surface area contributed by atoms with Crippen molar-refractivity contribution in [3.05, 3.63) is 64.7 Å². The molecule has 0 N–H and O–H groups in total. The SMILES string of the molecule is Cc1cccc(OC(=O)Cc2ccc(Cl)cc2)c1. The summed E-state index contributed by atoms with van der Waals surface area (Å²) in [7, 11) is 0. The fraction of sp³-hybridized carbons (Fsp3) is 0.133. The number of esters is 1. The summed E-state index contributed by atoms with van der Waals surface area (Å²) in [5.74, 6) is 0.303. The molecule has 0 fully saturated rings. The molecule has 0 spiro atoms. The number of benzene rings is 2. The Hall–Kier alpha value is -1.80. The maximum atomic E-state index is 11.7. The van der Waals surface area contributed by atoms with E-state index in [9.17, 15) is 4.79 Å². The summed E-state index contributed by atoms with van der Waals surface area (Å²) in [6.45, 7) is 1.95. The highest BCUT2D eigenvalue weighted by Gasteiger charge is 2.06. The fourth-order valence-electron chi connectivity index (χ4n) is 1.62. The van der Waals surface area contributed by atoms with Crippen molar-refractivity contribution in [2.24, 2.45) is 0 Å². The first-order chi connectivity index (χ1) is 8.63. The average molecular weight is 261 g/mol. The molecular weight excluding hydrogens is 248 g/mol. The molecule has 0 aliphatic heterocycles. The van der Waals surface area contributed by atoms with Gasteiger partial charge in [-0.2, -0.15) is 0 Å². The van der Waals surface area contributed by atoms with Crippen LogP contribution in [0.2, 0.25) is 5.02 Å². The first-order valence-electron chi connectivity index (χ1n) is 5.65. The van der Waals surface area contributed by atoms with Crippen LogP contribution in [0.5, 0.6) is 5.75 Å². The zero-order valence-electron chi connectivity index (χ0n) is 10.0. The van der Waals surface area contributed by atoms with Gasteiger partial charge in [-0.25, -0.2) is 0 Å². The van der Waals surface area contributed by atoms with E-state index in [0.717, 1.165) is 11.1 Å². The van der Waals surface area contributed by atoms with Crippen LogP contribution in [0.3, 0.4) is 0 Å². The number of rotatable bonds is 3. The Morgan fingerprint density at radius 1 is 1.17 bits per heavy atom. The Bertz CT molecular complexity index is 547. The van der Waals surface area contributed by atoms with E-state index in [2.05, 4.69) is 0 Å². The molecule has 0 amide bonds. The van der Waals surface area contributed by atoms with Crippen molar-refractivity contribution < 1.29 is 9.53 Å². The van der Waals surface area contributed by atoms with E-state index in [1.807, 2.05) is 37.3 Å². The third kappa shape index (κ3) is 3.60. The average Bonchev–Trinajstić information content (AvgIpc) is 2.32. The lowest BCUT2D eigenvalue weighted by Crippen LogP contribution is -2.11. The zero-order valence-corrected chi connectivity index (χ0v) is 10.8. The first-order valence-corrected chi connectivity index (χ1v) is 6.03. The van der Waals surface area contributed by atoms with Crippen molar-refractivity contribution in [2.45, 2.75) is 13.3 Å². The summed E-state index contributed by atoms with van der Waals surface area (Å²) in [5, 5.41) is 0.658. The van der Waals surface area contributed by atoms with Crippen LogP contribution in [-0.2, 0) is 11.2 Å². The molecule has 0 saturated carbocycles. The predicted molar refractivity (Wildman–Crippen MR) is 72.0 cm³/mol. The first kappa shape index (κ1) is 12.7. The number of carbonyl (C=O) groups excluding carboxylic acids is 1. The van der Waals surface area contributed by atoms with Gasteiger partial charge in [-0.05, 0) is 42.3 Å². The number of ether oxygens (including phenoxy) is 1. The summed E-state index contributed by atoms with van der Waals surface area (Å²) in [6.07, 6.45) is 0.241. The van der Waals surface area contributed by atoms with E-state index in [-0.39, 0.29) is 12.4 Å². The Kier molecular flexibility index (Phi) is 4.00. The largest absolute Gasteiger partial charge is 0.426 e. The van der Waals surface area contributed by atoms with Crippen LogP contribution in [0.25, 0.3) is 0 Å². The van der Waals surface area contributed by atoms with Crippen LogP contribution in [0.15, 0.2) is 48.5 Å². The summed E-state index contributed by atoms with van der Waals surface area (Å²) in [5.41, 5.74) is 1.95. The molecule has 0 saturated heterocycles. The van der Waals surface area contributed by atoms with Crippen LogP contribution >= 0.6 is 11.6 Å².